The first-order valence-electron chi connectivity index (χ1n) is 9.12. The van der Waals surface area contributed by atoms with Gasteiger partial charge in [-0.25, -0.2) is 4.98 Å². The monoisotopic (exact) mass is 362 g/mol. The van der Waals surface area contributed by atoms with Crippen LogP contribution in [0, 0.1) is 6.92 Å². The van der Waals surface area contributed by atoms with E-state index in [1.54, 1.807) is 13.3 Å². The van der Waals surface area contributed by atoms with E-state index in [1.807, 2.05) is 30.3 Å². The normalized spacial score (nSPS) is 10.7. The molecule has 0 unspecified atom stereocenters. The van der Waals surface area contributed by atoms with E-state index in [2.05, 4.69) is 60.2 Å². The van der Waals surface area contributed by atoms with Crippen molar-refractivity contribution in [2.75, 3.05) is 17.3 Å². The van der Waals surface area contributed by atoms with Gasteiger partial charge < -0.3 is 15.0 Å². The first-order valence-corrected chi connectivity index (χ1v) is 9.12. The number of hydrogen-bond donors (Lipinski definition) is 1. The molecule has 3 rings (SSSR count). The predicted molar refractivity (Wildman–Crippen MR) is 111 cm³/mol. The van der Waals surface area contributed by atoms with E-state index in [0.29, 0.717) is 5.95 Å². The minimum absolute atomic E-state index is 0.272. The Kier molecular flexibility index (Phi) is 5.91. The maximum atomic E-state index is 5.45. The van der Waals surface area contributed by atoms with Crippen LogP contribution in [0.2, 0.25) is 0 Å². The van der Waals surface area contributed by atoms with Crippen molar-refractivity contribution in [1.82, 2.24) is 9.97 Å². The van der Waals surface area contributed by atoms with Crippen molar-refractivity contribution in [3.63, 3.8) is 0 Å². The van der Waals surface area contributed by atoms with E-state index in [0.717, 1.165) is 29.4 Å². The number of hydrogen-bond acceptors (Lipinski definition) is 5. The molecule has 0 saturated heterocycles. The zero-order chi connectivity index (χ0) is 19.2. The second kappa shape index (κ2) is 8.54. The summed E-state index contributed by atoms with van der Waals surface area (Å²) in [5.74, 6) is 2.22. The van der Waals surface area contributed by atoms with Crippen LogP contribution in [0.1, 0.15) is 25.0 Å². The average Bonchev–Trinajstić information content (AvgIpc) is 2.67. The molecule has 2 aromatic carbocycles. The van der Waals surface area contributed by atoms with Gasteiger partial charge in [0.2, 0.25) is 5.95 Å². The van der Waals surface area contributed by atoms with Crippen LogP contribution in [-0.4, -0.2) is 23.1 Å². The van der Waals surface area contributed by atoms with Gasteiger partial charge in [0.15, 0.2) is 0 Å². The molecule has 0 atom stereocenters. The maximum Gasteiger partial charge on any atom is 0.227 e. The fourth-order valence-electron chi connectivity index (χ4n) is 2.88. The quantitative estimate of drug-likeness (QED) is 0.644. The summed E-state index contributed by atoms with van der Waals surface area (Å²) in [6.07, 6.45) is 1.79. The zero-order valence-electron chi connectivity index (χ0n) is 16.3. The Bertz CT molecular complexity index is 880. The molecule has 5 nitrogen and oxygen atoms in total. The minimum atomic E-state index is 0.272. The van der Waals surface area contributed by atoms with Crippen molar-refractivity contribution in [2.24, 2.45) is 0 Å². The molecule has 0 aliphatic rings. The molecule has 140 valence electrons. The van der Waals surface area contributed by atoms with Crippen LogP contribution in [0.3, 0.4) is 0 Å². The van der Waals surface area contributed by atoms with Crippen molar-refractivity contribution in [1.29, 1.82) is 0 Å². The lowest BCUT2D eigenvalue weighted by Crippen LogP contribution is -2.31. The second-order valence-electron chi connectivity index (χ2n) is 6.78. The molecular formula is C22H26N4O. The van der Waals surface area contributed by atoms with Gasteiger partial charge in [-0.2, -0.15) is 4.98 Å². The molecular weight excluding hydrogens is 336 g/mol. The van der Waals surface area contributed by atoms with Gasteiger partial charge in [-0.05, 0) is 50.1 Å². The Balaban J connectivity index is 1.86. The van der Waals surface area contributed by atoms with Gasteiger partial charge in [-0.15, -0.1) is 0 Å². The summed E-state index contributed by atoms with van der Waals surface area (Å²) in [7, 11) is 1.67. The van der Waals surface area contributed by atoms with Crippen LogP contribution in [-0.2, 0) is 6.54 Å². The average molecular weight is 362 g/mol. The summed E-state index contributed by atoms with van der Waals surface area (Å²) >= 11 is 0. The number of nitrogens with zero attached hydrogens (tertiary/aromatic N) is 3. The molecule has 0 saturated carbocycles. The number of methoxy groups -OCH3 is 1. The summed E-state index contributed by atoms with van der Waals surface area (Å²) in [5, 5.41) is 3.36. The Morgan fingerprint density at radius 1 is 1.07 bits per heavy atom. The van der Waals surface area contributed by atoms with Gasteiger partial charge >= 0.3 is 0 Å². The highest BCUT2D eigenvalue weighted by molar-refractivity contribution is 5.65. The van der Waals surface area contributed by atoms with Crippen molar-refractivity contribution < 1.29 is 4.74 Å². The van der Waals surface area contributed by atoms with Crippen molar-refractivity contribution in [3.05, 3.63) is 71.9 Å². The molecule has 0 fully saturated rings. The number of aromatic nitrogens is 2. The van der Waals surface area contributed by atoms with Gasteiger partial charge in [-0.3, -0.25) is 0 Å². The molecule has 0 radical (unpaired) electrons. The highest BCUT2D eigenvalue weighted by atomic mass is 16.5. The van der Waals surface area contributed by atoms with E-state index in [1.165, 1.54) is 5.56 Å². The first kappa shape index (κ1) is 18.7. The van der Waals surface area contributed by atoms with Crippen molar-refractivity contribution in [2.45, 2.75) is 33.4 Å². The van der Waals surface area contributed by atoms with Crippen LogP contribution in [0.25, 0.3) is 0 Å². The predicted octanol–water partition coefficient (Wildman–Crippen LogP) is 4.95. The molecule has 0 spiro atoms. The zero-order valence-corrected chi connectivity index (χ0v) is 16.3. The number of benzene rings is 2. The van der Waals surface area contributed by atoms with E-state index >= 15 is 0 Å². The number of nitrogens with one attached hydrogen (secondary N) is 1. The van der Waals surface area contributed by atoms with Crippen molar-refractivity contribution >= 4 is 17.5 Å². The number of rotatable bonds is 7. The minimum Gasteiger partial charge on any atom is -0.495 e. The van der Waals surface area contributed by atoms with Gasteiger partial charge in [0.1, 0.15) is 11.6 Å². The van der Waals surface area contributed by atoms with Crippen LogP contribution < -0.4 is 15.0 Å². The summed E-state index contributed by atoms with van der Waals surface area (Å²) < 4.78 is 5.45. The lowest BCUT2D eigenvalue weighted by atomic mass is 10.2. The van der Waals surface area contributed by atoms with Gasteiger partial charge in [0, 0.05) is 18.8 Å². The molecule has 3 aromatic rings. The number of anilines is 3. The van der Waals surface area contributed by atoms with Crippen LogP contribution >= 0.6 is 0 Å². The molecule has 0 aliphatic carbocycles. The topological polar surface area (TPSA) is 50.3 Å². The molecule has 0 aliphatic heterocycles. The summed E-state index contributed by atoms with van der Waals surface area (Å²) in [5.41, 5.74) is 3.27. The molecule has 0 amide bonds. The maximum absolute atomic E-state index is 5.45. The smallest absolute Gasteiger partial charge is 0.227 e. The summed E-state index contributed by atoms with van der Waals surface area (Å²) in [4.78, 5) is 11.4. The molecule has 1 heterocycles. The van der Waals surface area contributed by atoms with Gasteiger partial charge in [0.25, 0.3) is 0 Å². The van der Waals surface area contributed by atoms with Crippen LogP contribution in [0.4, 0.5) is 17.5 Å². The third-order valence-electron chi connectivity index (χ3n) is 4.34. The van der Waals surface area contributed by atoms with Crippen LogP contribution in [0.5, 0.6) is 5.75 Å². The van der Waals surface area contributed by atoms with E-state index in [4.69, 9.17) is 9.72 Å². The molecule has 5 heteroatoms. The third-order valence-corrected chi connectivity index (χ3v) is 4.34. The lowest BCUT2D eigenvalue weighted by molar-refractivity contribution is 0.416. The van der Waals surface area contributed by atoms with Gasteiger partial charge in [-0.1, -0.05) is 36.4 Å². The Morgan fingerprint density at radius 3 is 2.56 bits per heavy atom. The summed E-state index contributed by atoms with van der Waals surface area (Å²) in [6, 6.07) is 18.5. The Morgan fingerprint density at radius 2 is 1.85 bits per heavy atom. The standard InChI is InChI=1S/C22H26N4O/c1-16(2)26(15-18-8-6-5-7-9-18)22-23-13-12-21(25-22)24-19-14-17(3)10-11-20(19)27-4/h5-14,16H,15H2,1-4H3,(H,23,24,25). The van der Waals surface area contributed by atoms with Crippen molar-refractivity contribution in [3.8, 4) is 5.75 Å². The van der Waals surface area contributed by atoms with E-state index < -0.39 is 0 Å². The van der Waals surface area contributed by atoms with Gasteiger partial charge in [0.05, 0.1) is 12.8 Å². The first-order chi connectivity index (χ1) is 13.1. The second-order valence-corrected chi connectivity index (χ2v) is 6.78. The van der Waals surface area contributed by atoms with E-state index in [-0.39, 0.29) is 6.04 Å². The molecule has 1 aromatic heterocycles. The SMILES string of the molecule is COc1ccc(C)cc1Nc1ccnc(N(Cc2ccccc2)C(C)C)n1. The molecule has 1 N–H and O–H groups in total. The third kappa shape index (κ3) is 4.76. The fourth-order valence-corrected chi connectivity index (χ4v) is 2.88. The number of aryl methyl sites for hydroxylation is 1. The Hall–Kier alpha value is -3.08. The fraction of sp³-hybridized carbons (Fsp3) is 0.273. The van der Waals surface area contributed by atoms with Crippen LogP contribution in [0.15, 0.2) is 60.8 Å². The largest absolute Gasteiger partial charge is 0.495 e. The molecule has 27 heavy (non-hydrogen) atoms. The highest BCUT2D eigenvalue weighted by Crippen LogP contribution is 2.28. The molecule has 0 bridgehead atoms. The number of ether oxygens (including phenoxy) is 1. The lowest BCUT2D eigenvalue weighted by Gasteiger charge is -2.27. The summed E-state index contributed by atoms with van der Waals surface area (Å²) in [6.45, 7) is 7.11. The highest BCUT2D eigenvalue weighted by Gasteiger charge is 2.15. The Labute approximate surface area is 161 Å². The van der Waals surface area contributed by atoms with E-state index in [9.17, 15) is 0 Å².